The molecule has 0 N–H and O–H groups in total. The van der Waals surface area contributed by atoms with E-state index in [2.05, 4.69) is 20.3 Å². The quantitative estimate of drug-likeness (QED) is 0.606. The average molecular weight is 294 g/mol. The summed E-state index contributed by atoms with van der Waals surface area (Å²) in [7, 11) is 2.93. The molecule has 0 radical (unpaired) electrons. The van der Waals surface area contributed by atoms with Gasteiger partial charge in [-0.3, -0.25) is 4.79 Å². The van der Waals surface area contributed by atoms with Gasteiger partial charge in [0, 0.05) is 0 Å². The maximum absolute atomic E-state index is 11.2. The fourth-order valence-corrected chi connectivity index (χ4v) is 2.28. The molecule has 0 aliphatic heterocycles. The van der Waals surface area contributed by atoms with Gasteiger partial charge in [0.1, 0.15) is 11.4 Å². The second-order valence-corrected chi connectivity index (χ2v) is 4.86. The molecule has 0 aliphatic rings. The molecule has 1 aromatic heterocycles. The van der Waals surface area contributed by atoms with Crippen molar-refractivity contribution >= 4 is 17.7 Å². The second kappa shape index (κ2) is 6.38. The SMILES string of the molecule is COC(=O)CSc1nnnn1-c1cc(C)ccc1OC. The Labute approximate surface area is 120 Å². The number of hydrogen-bond acceptors (Lipinski definition) is 7. The van der Waals surface area contributed by atoms with Crippen LogP contribution in [0.25, 0.3) is 5.69 Å². The summed E-state index contributed by atoms with van der Waals surface area (Å²) in [5.74, 6) is 0.467. The monoisotopic (exact) mass is 294 g/mol. The zero-order chi connectivity index (χ0) is 14.5. The van der Waals surface area contributed by atoms with Crippen LogP contribution in [0.1, 0.15) is 5.56 Å². The van der Waals surface area contributed by atoms with Gasteiger partial charge in [0.15, 0.2) is 0 Å². The lowest BCUT2D eigenvalue weighted by atomic mass is 10.2. The molecule has 7 nitrogen and oxygen atoms in total. The van der Waals surface area contributed by atoms with Crippen LogP contribution in [0.5, 0.6) is 5.75 Å². The zero-order valence-corrected chi connectivity index (χ0v) is 12.2. The summed E-state index contributed by atoms with van der Waals surface area (Å²) < 4.78 is 11.4. The van der Waals surface area contributed by atoms with Gasteiger partial charge >= 0.3 is 5.97 Å². The van der Waals surface area contributed by atoms with Gasteiger partial charge in [-0.2, -0.15) is 4.68 Å². The van der Waals surface area contributed by atoms with E-state index in [1.54, 1.807) is 11.8 Å². The number of aromatic nitrogens is 4. The maximum Gasteiger partial charge on any atom is 0.316 e. The first kappa shape index (κ1) is 14.3. The number of carbonyl (C=O) groups excluding carboxylic acids is 1. The van der Waals surface area contributed by atoms with Crippen LogP contribution in [0.2, 0.25) is 0 Å². The predicted octanol–water partition coefficient (Wildman–Crippen LogP) is 1.24. The zero-order valence-electron chi connectivity index (χ0n) is 11.4. The first-order valence-corrected chi connectivity index (χ1v) is 6.77. The third kappa shape index (κ3) is 3.08. The molecule has 0 bridgehead atoms. The topological polar surface area (TPSA) is 79.1 Å². The lowest BCUT2D eigenvalue weighted by Gasteiger charge is -2.10. The number of esters is 1. The molecule has 20 heavy (non-hydrogen) atoms. The third-order valence-electron chi connectivity index (χ3n) is 2.55. The van der Waals surface area contributed by atoms with Crippen LogP contribution in [-0.2, 0) is 9.53 Å². The highest BCUT2D eigenvalue weighted by Gasteiger charge is 2.15. The molecule has 0 amide bonds. The molecule has 0 saturated carbocycles. The van der Waals surface area contributed by atoms with Crippen molar-refractivity contribution in [1.82, 2.24) is 20.2 Å². The Morgan fingerprint density at radius 2 is 2.20 bits per heavy atom. The Morgan fingerprint density at radius 1 is 1.40 bits per heavy atom. The van der Waals surface area contributed by atoms with Gasteiger partial charge in [-0.25, -0.2) is 0 Å². The summed E-state index contributed by atoms with van der Waals surface area (Å²) in [6.07, 6.45) is 0. The highest BCUT2D eigenvalue weighted by molar-refractivity contribution is 7.99. The molecular formula is C12H14N4O3S. The van der Waals surface area contributed by atoms with Crippen molar-refractivity contribution < 1.29 is 14.3 Å². The molecule has 0 saturated heterocycles. The van der Waals surface area contributed by atoms with Gasteiger partial charge < -0.3 is 9.47 Å². The number of rotatable bonds is 5. The van der Waals surface area contributed by atoms with Gasteiger partial charge in [-0.05, 0) is 35.0 Å². The van der Waals surface area contributed by atoms with Crippen molar-refractivity contribution in [3.63, 3.8) is 0 Å². The van der Waals surface area contributed by atoms with Gasteiger partial charge in [0.05, 0.1) is 20.0 Å². The van der Waals surface area contributed by atoms with E-state index in [0.717, 1.165) is 11.3 Å². The van der Waals surface area contributed by atoms with Gasteiger partial charge in [-0.15, -0.1) is 5.10 Å². The molecule has 0 fully saturated rings. The average Bonchev–Trinajstić information content (AvgIpc) is 2.92. The van der Waals surface area contributed by atoms with Crippen LogP contribution in [0.15, 0.2) is 23.4 Å². The first-order valence-electron chi connectivity index (χ1n) is 5.78. The molecule has 0 unspecified atom stereocenters. The maximum atomic E-state index is 11.2. The first-order chi connectivity index (χ1) is 9.65. The largest absolute Gasteiger partial charge is 0.494 e. The van der Waals surface area contributed by atoms with E-state index >= 15 is 0 Å². The van der Waals surface area contributed by atoms with Crippen LogP contribution in [0, 0.1) is 6.92 Å². The van der Waals surface area contributed by atoms with E-state index in [0.29, 0.717) is 10.9 Å². The van der Waals surface area contributed by atoms with Crippen LogP contribution < -0.4 is 4.74 Å². The standard InChI is InChI=1S/C12H14N4O3S/c1-8-4-5-10(18-2)9(6-8)16-12(13-14-15-16)20-7-11(17)19-3/h4-6H,7H2,1-3H3. The molecule has 106 valence electrons. The van der Waals surface area contributed by atoms with Crippen molar-refractivity contribution in [3.8, 4) is 11.4 Å². The van der Waals surface area contributed by atoms with Crippen LogP contribution in [0.3, 0.4) is 0 Å². The molecule has 1 heterocycles. The number of methoxy groups -OCH3 is 2. The van der Waals surface area contributed by atoms with Crippen LogP contribution in [-0.4, -0.2) is 46.1 Å². The number of hydrogen-bond donors (Lipinski definition) is 0. The predicted molar refractivity (Wildman–Crippen MR) is 73.2 cm³/mol. The number of thioether (sulfide) groups is 1. The normalized spacial score (nSPS) is 10.3. The lowest BCUT2D eigenvalue weighted by Crippen LogP contribution is -2.06. The van der Waals surface area contributed by atoms with Crippen molar-refractivity contribution in [2.75, 3.05) is 20.0 Å². The van der Waals surface area contributed by atoms with Gasteiger partial charge in [0.2, 0.25) is 5.16 Å². The number of nitrogens with zero attached hydrogens (tertiary/aromatic N) is 4. The van der Waals surface area contributed by atoms with Crippen molar-refractivity contribution in [3.05, 3.63) is 23.8 Å². The summed E-state index contributed by atoms with van der Waals surface area (Å²) in [6, 6.07) is 5.70. The third-order valence-corrected chi connectivity index (χ3v) is 3.44. The van der Waals surface area contributed by atoms with E-state index in [1.165, 1.54) is 18.9 Å². The van der Waals surface area contributed by atoms with Crippen molar-refractivity contribution in [2.24, 2.45) is 0 Å². The Hall–Kier alpha value is -2.09. The minimum atomic E-state index is -0.333. The highest BCUT2D eigenvalue weighted by atomic mass is 32.2. The molecule has 0 aliphatic carbocycles. The van der Waals surface area contributed by atoms with Gasteiger partial charge in [0.25, 0.3) is 0 Å². The van der Waals surface area contributed by atoms with E-state index in [-0.39, 0.29) is 11.7 Å². The summed E-state index contributed by atoms with van der Waals surface area (Å²) in [4.78, 5) is 11.2. The fraction of sp³-hybridized carbons (Fsp3) is 0.333. The summed E-state index contributed by atoms with van der Waals surface area (Å²) >= 11 is 1.20. The Balaban J connectivity index is 2.32. The van der Waals surface area contributed by atoms with E-state index in [9.17, 15) is 4.79 Å². The lowest BCUT2D eigenvalue weighted by molar-refractivity contribution is -0.137. The van der Waals surface area contributed by atoms with E-state index in [1.807, 2.05) is 25.1 Å². The van der Waals surface area contributed by atoms with Crippen molar-refractivity contribution in [2.45, 2.75) is 12.1 Å². The molecule has 1 aromatic carbocycles. The van der Waals surface area contributed by atoms with E-state index in [4.69, 9.17) is 4.74 Å². The molecule has 2 aromatic rings. The number of tetrazole rings is 1. The molecule has 8 heteroatoms. The highest BCUT2D eigenvalue weighted by Crippen LogP contribution is 2.26. The van der Waals surface area contributed by atoms with Crippen molar-refractivity contribution in [1.29, 1.82) is 0 Å². The molecule has 0 spiro atoms. The van der Waals surface area contributed by atoms with E-state index < -0.39 is 0 Å². The minimum absolute atomic E-state index is 0.144. The smallest absolute Gasteiger partial charge is 0.316 e. The Kier molecular flexibility index (Phi) is 4.57. The Bertz CT molecular complexity index is 614. The van der Waals surface area contributed by atoms with Crippen LogP contribution in [0.4, 0.5) is 0 Å². The second-order valence-electron chi connectivity index (χ2n) is 3.91. The summed E-state index contributed by atoms with van der Waals surface area (Å²) in [6.45, 7) is 1.97. The summed E-state index contributed by atoms with van der Waals surface area (Å²) in [5, 5.41) is 12.0. The van der Waals surface area contributed by atoms with Gasteiger partial charge in [-0.1, -0.05) is 17.8 Å². The fourth-order valence-electron chi connectivity index (χ4n) is 1.57. The molecular weight excluding hydrogens is 280 g/mol. The molecule has 2 rings (SSSR count). The number of carbonyl (C=O) groups is 1. The molecule has 0 atom stereocenters. The number of benzene rings is 1. The number of ether oxygens (including phenoxy) is 2. The Morgan fingerprint density at radius 3 is 2.90 bits per heavy atom. The van der Waals surface area contributed by atoms with Crippen LogP contribution >= 0.6 is 11.8 Å². The summed E-state index contributed by atoms with van der Waals surface area (Å²) in [5.41, 5.74) is 1.78. The number of aryl methyl sites for hydroxylation is 1. The minimum Gasteiger partial charge on any atom is -0.494 e.